The smallest absolute Gasteiger partial charge is 0.272 e. The van der Waals surface area contributed by atoms with E-state index in [1.165, 1.54) is 6.07 Å². The highest BCUT2D eigenvalue weighted by atomic mass is 35.5. The Hall–Kier alpha value is -1.23. The SMILES string of the molecule is Cc1ccnc(Cl)c1NC(=O)c1cc(Cl)c(Cl)[nH]1. The number of nitrogens with zero attached hydrogens (tertiary/aromatic N) is 1. The topological polar surface area (TPSA) is 57.8 Å². The van der Waals surface area contributed by atoms with Crippen LogP contribution in [-0.4, -0.2) is 15.9 Å². The van der Waals surface area contributed by atoms with E-state index in [1.807, 2.05) is 6.92 Å². The van der Waals surface area contributed by atoms with Crippen LogP contribution in [0.5, 0.6) is 0 Å². The third-order valence-corrected chi connectivity index (χ3v) is 3.30. The minimum absolute atomic E-state index is 0.218. The van der Waals surface area contributed by atoms with Crippen LogP contribution in [0, 0.1) is 6.92 Å². The Morgan fingerprint density at radius 1 is 1.39 bits per heavy atom. The number of rotatable bonds is 2. The van der Waals surface area contributed by atoms with Crippen LogP contribution in [-0.2, 0) is 0 Å². The Bertz CT molecular complexity index is 570. The Balaban J connectivity index is 2.27. The van der Waals surface area contributed by atoms with Crippen molar-refractivity contribution in [3.63, 3.8) is 0 Å². The Labute approximate surface area is 118 Å². The van der Waals surface area contributed by atoms with Gasteiger partial charge in [0.25, 0.3) is 5.91 Å². The molecule has 0 saturated heterocycles. The van der Waals surface area contributed by atoms with Crippen LogP contribution in [0.2, 0.25) is 15.3 Å². The molecule has 2 rings (SSSR count). The van der Waals surface area contributed by atoms with E-state index in [-0.39, 0.29) is 26.9 Å². The van der Waals surface area contributed by atoms with Gasteiger partial charge in [0.1, 0.15) is 10.8 Å². The molecule has 2 aromatic rings. The van der Waals surface area contributed by atoms with Crippen LogP contribution in [0.25, 0.3) is 0 Å². The highest BCUT2D eigenvalue weighted by molar-refractivity contribution is 6.41. The van der Waals surface area contributed by atoms with Crippen molar-refractivity contribution in [2.45, 2.75) is 6.92 Å². The van der Waals surface area contributed by atoms with Crippen molar-refractivity contribution in [3.8, 4) is 0 Å². The molecule has 94 valence electrons. The van der Waals surface area contributed by atoms with E-state index in [0.717, 1.165) is 5.56 Å². The van der Waals surface area contributed by atoms with Gasteiger partial charge in [-0.3, -0.25) is 4.79 Å². The number of carbonyl (C=O) groups excluding carboxylic acids is 1. The number of amides is 1. The van der Waals surface area contributed by atoms with E-state index in [2.05, 4.69) is 15.3 Å². The number of aromatic nitrogens is 2. The molecule has 0 saturated carbocycles. The monoisotopic (exact) mass is 303 g/mol. The molecule has 2 aromatic heterocycles. The Morgan fingerprint density at radius 3 is 2.67 bits per heavy atom. The van der Waals surface area contributed by atoms with Crippen LogP contribution in [0.4, 0.5) is 5.69 Å². The molecule has 0 aliphatic heterocycles. The van der Waals surface area contributed by atoms with Gasteiger partial charge in [-0.2, -0.15) is 0 Å². The lowest BCUT2D eigenvalue weighted by Crippen LogP contribution is -2.13. The van der Waals surface area contributed by atoms with Crippen LogP contribution < -0.4 is 5.32 Å². The first-order valence-electron chi connectivity index (χ1n) is 4.95. The number of halogens is 3. The minimum atomic E-state index is -0.387. The number of aromatic amines is 1. The molecule has 0 spiro atoms. The fraction of sp³-hybridized carbons (Fsp3) is 0.0909. The lowest BCUT2D eigenvalue weighted by molar-refractivity contribution is 0.102. The molecule has 0 unspecified atom stereocenters. The average molecular weight is 305 g/mol. The standard InChI is InChI=1S/C11H8Cl3N3O/c1-5-2-3-15-10(14)8(5)17-11(18)7-4-6(12)9(13)16-7/h2-4,16H,1H3,(H,17,18). The quantitative estimate of drug-likeness (QED) is 0.826. The number of H-pyrrole nitrogens is 1. The second kappa shape index (κ2) is 5.18. The number of carbonyl (C=O) groups is 1. The van der Waals surface area contributed by atoms with E-state index >= 15 is 0 Å². The van der Waals surface area contributed by atoms with E-state index in [9.17, 15) is 4.79 Å². The summed E-state index contributed by atoms with van der Waals surface area (Å²) >= 11 is 17.4. The molecular weight excluding hydrogens is 296 g/mol. The molecule has 7 heteroatoms. The van der Waals surface area contributed by atoms with Crippen LogP contribution >= 0.6 is 34.8 Å². The van der Waals surface area contributed by atoms with Crippen LogP contribution in [0.1, 0.15) is 16.1 Å². The zero-order chi connectivity index (χ0) is 13.3. The van der Waals surface area contributed by atoms with Gasteiger partial charge in [-0.1, -0.05) is 34.8 Å². The number of hydrogen-bond donors (Lipinski definition) is 2. The largest absolute Gasteiger partial charge is 0.340 e. The summed E-state index contributed by atoms with van der Waals surface area (Å²) in [5.74, 6) is -0.387. The Morgan fingerprint density at radius 2 is 2.11 bits per heavy atom. The van der Waals surface area contributed by atoms with Gasteiger partial charge in [0.2, 0.25) is 0 Å². The molecule has 0 aromatic carbocycles. The first-order chi connectivity index (χ1) is 8.49. The maximum Gasteiger partial charge on any atom is 0.272 e. The highest BCUT2D eigenvalue weighted by Crippen LogP contribution is 2.25. The van der Waals surface area contributed by atoms with E-state index in [4.69, 9.17) is 34.8 Å². The highest BCUT2D eigenvalue weighted by Gasteiger charge is 2.14. The van der Waals surface area contributed by atoms with E-state index in [0.29, 0.717) is 5.69 Å². The molecule has 4 nitrogen and oxygen atoms in total. The summed E-state index contributed by atoms with van der Waals surface area (Å²) in [6.07, 6.45) is 1.57. The summed E-state index contributed by atoms with van der Waals surface area (Å²) < 4.78 is 0. The van der Waals surface area contributed by atoms with Crippen molar-refractivity contribution >= 4 is 46.4 Å². The van der Waals surface area contributed by atoms with Gasteiger partial charge in [0, 0.05) is 6.20 Å². The van der Waals surface area contributed by atoms with Gasteiger partial charge in [-0.25, -0.2) is 4.98 Å². The van der Waals surface area contributed by atoms with Gasteiger partial charge in [0.15, 0.2) is 5.15 Å². The molecule has 0 bridgehead atoms. The fourth-order valence-corrected chi connectivity index (χ4v) is 1.95. The average Bonchev–Trinajstić information content (AvgIpc) is 2.64. The summed E-state index contributed by atoms with van der Waals surface area (Å²) in [6, 6.07) is 3.19. The van der Waals surface area contributed by atoms with Crippen LogP contribution in [0.3, 0.4) is 0 Å². The molecule has 1 amide bonds. The normalized spacial score (nSPS) is 10.4. The molecule has 0 atom stereocenters. The number of aryl methyl sites for hydroxylation is 1. The molecule has 2 heterocycles. The van der Waals surface area contributed by atoms with E-state index in [1.54, 1.807) is 12.3 Å². The van der Waals surface area contributed by atoms with Gasteiger partial charge in [-0.05, 0) is 24.6 Å². The molecule has 0 radical (unpaired) electrons. The zero-order valence-electron chi connectivity index (χ0n) is 9.22. The molecular formula is C11H8Cl3N3O. The van der Waals surface area contributed by atoms with Gasteiger partial charge in [0.05, 0.1) is 10.7 Å². The van der Waals surface area contributed by atoms with Crippen molar-refractivity contribution in [2.24, 2.45) is 0 Å². The van der Waals surface area contributed by atoms with Gasteiger partial charge < -0.3 is 10.3 Å². The summed E-state index contributed by atoms with van der Waals surface area (Å²) in [7, 11) is 0. The lowest BCUT2D eigenvalue weighted by Gasteiger charge is -2.08. The van der Waals surface area contributed by atoms with Crippen molar-refractivity contribution in [1.82, 2.24) is 9.97 Å². The summed E-state index contributed by atoms with van der Waals surface area (Å²) in [6.45, 7) is 1.82. The van der Waals surface area contributed by atoms with Crippen molar-refractivity contribution in [1.29, 1.82) is 0 Å². The second-order valence-corrected chi connectivity index (χ2v) is 4.74. The molecule has 18 heavy (non-hydrogen) atoms. The summed E-state index contributed by atoms with van der Waals surface area (Å²) in [5, 5.41) is 3.39. The van der Waals surface area contributed by atoms with Crippen molar-refractivity contribution in [3.05, 3.63) is 44.9 Å². The molecule has 0 aliphatic rings. The van der Waals surface area contributed by atoms with E-state index < -0.39 is 0 Å². The maximum absolute atomic E-state index is 11.9. The summed E-state index contributed by atoms with van der Waals surface area (Å²) in [4.78, 5) is 18.5. The van der Waals surface area contributed by atoms with Crippen molar-refractivity contribution in [2.75, 3.05) is 5.32 Å². The first kappa shape index (κ1) is 13.2. The lowest BCUT2D eigenvalue weighted by atomic mass is 10.2. The number of nitrogens with one attached hydrogen (secondary N) is 2. The predicted octanol–water partition coefficient (Wildman–Crippen LogP) is 3.93. The number of pyridine rings is 1. The number of hydrogen-bond acceptors (Lipinski definition) is 2. The maximum atomic E-state index is 11.9. The van der Waals surface area contributed by atoms with Crippen LogP contribution in [0.15, 0.2) is 18.3 Å². The fourth-order valence-electron chi connectivity index (χ4n) is 1.38. The Kier molecular flexibility index (Phi) is 3.80. The van der Waals surface area contributed by atoms with Gasteiger partial charge in [-0.15, -0.1) is 0 Å². The predicted molar refractivity (Wildman–Crippen MR) is 72.7 cm³/mol. The summed E-state index contributed by atoms with van der Waals surface area (Å²) in [5.41, 5.74) is 1.53. The molecule has 0 aliphatic carbocycles. The molecule has 0 fully saturated rings. The van der Waals surface area contributed by atoms with Crippen molar-refractivity contribution < 1.29 is 4.79 Å². The van der Waals surface area contributed by atoms with Gasteiger partial charge >= 0.3 is 0 Å². The zero-order valence-corrected chi connectivity index (χ0v) is 11.5. The molecule has 2 N–H and O–H groups in total. The third-order valence-electron chi connectivity index (χ3n) is 2.32. The minimum Gasteiger partial charge on any atom is -0.340 e. The second-order valence-electron chi connectivity index (χ2n) is 3.59. The first-order valence-corrected chi connectivity index (χ1v) is 6.09. The third kappa shape index (κ3) is 2.61. The number of anilines is 1.